The van der Waals surface area contributed by atoms with Gasteiger partial charge < -0.3 is 0 Å². The van der Waals surface area contributed by atoms with E-state index in [-0.39, 0.29) is 11.2 Å². The van der Waals surface area contributed by atoms with Crippen LogP contribution in [-0.2, 0) is 12.0 Å². The van der Waals surface area contributed by atoms with Crippen LogP contribution in [0.4, 0.5) is 0 Å². The lowest BCUT2D eigenvalue weighted by Crippen LogP contribution is -2.24. The van der Waals surface area contributed by atoms with Gasteiger partial charge >= 0.3 is 0 Å². The van der Waals surface area contributed by atoms with Gasteiger partial charge in [0.25, 0.3) is 0 Å². The molecule has 0 bridgehead atoms. The highest BCUT2D eigenvalue weighted by atomic mass is 16.1. The minimum Gasteiger partial charge on any atom is -0.291 e. The zero-order valence-electron chi connectivity index (χ0n) is 11.2. The quantitative estimate of drug-likeness (QED) is 0.768. The van der Waals surface area contributed by atoms with Crippen LogP contribution in [0.1, 0.15) is 42.2 Å². The number of nitrogens with zero attached hydrogens (tertiary/aromatic N) is 2. The summed E-state index contributed by atoms with van der Waals surface area (Å²) < 4.78 is 1.84. The third kappa shape index (κ3) is 1.99. The average Bonchev–Trinajstić information content (AvgIpc) is 3.14. The number of Topliss-reactive ketones (excluding diaryl/α,β-unsaturated/α-hetero) is 1. The van der Waals surface area contributed by atoms with Gasteiger partial charge in [-0.1, -0.05) is 37.3 Å². The Bertz CT molecular complexity index is 582. The van der Waals surface area contributed by atoms with E-state index in [2.05, 4.69) is 24.2 Å². The van der Waals surface area contributed by atoms with Gasteiger partial charge in [-0.3, -0.25) is 9.48 Å². The molecule has 0 aliphatic heterocycles. The number of rotatable bonds is 5. The summed E-state index contributed by atoms with van der Waals surface area (Å²) in [4.78, 5) is 12.8. The van der Waals surface area contributed by atoms with Crippen molar-refractivity contribution in [2.75, 3.05) is 0 Å². The normalized spacial score (nSPS) is 16.3. The first-order chi connectivity index (χ1) is 9.28. The first kappa shape index (κ1) is 12.2. The molecule has 3 heteroatoms. The molecule has 1 aliphatic rings. The average molecular weight is 254 g/mol. The second kappa shape index (κ2) is 4.65. The fraction of sp³-hybridized carbons (Fsp3) is 0.375. The topological polar surface area (TPSA) is 34.9 Å². The molecule has 1 heterocycles. The van der Waals surface area contributed by atoms with Gasteiger partial charge in [0, 0.05) is 12.7 Å². The summed E-state index contributed by atoms with van der Waals surface area (Å²) in [6, 6.07) is 12.0. The molecule has 1 aromatic heterocycles. The van der Waals surface area contributed by atoms with E-state index in [0.717, 1.165) is 37.1 Å². The molecule has 1 aromatic carbocycles. The van der Waals surface area contributed by atoms with Crippen LogP contribution in [0, 0.1) is 0 Å². The Balaban J connectivity index is 1.94. The van der Waals surface area contributed by atoms with Crippen molar-refractivity contribution in [2.24, 2.45) is 0 Å². The zero-order valence-corrected chi connectivity index (χ0v) is 11.2. The van der Waals surface area contributed by atoms with Gasteiger partial charge in [0.2, 0.25) is 0 Å². The maximum atomic E-state index is 12.8. The predicted molar refractivity (Wildman–Crippen MR) is 74.2 cm³/mol. The zero-order chi connectivity index (χ0) is 13.3. The van der Waals surface area contributed by atoms with Crippen LogP contribution in [0.5, 0.6) is 0 Å². The lowest BCUT2D eigenvalue weighted by atomic mass is 9.89. The van der Waals surface area contributed by atoms with Gasteiger partial charge in [0.15, 0.2) is 5.78 Å². The first-order valence-corrected chi connectivity index (χ1v) is 6.90. The van der Waals surface area contributed by atoms with Gasteiger partial charge in [-0.2, -0.15) is 5.10 Å². The lowest BCUT2D eigenvalue weighted by molar-refractivity contribution is 0.0935. The van der Waals surface area contributed by atoms with Crippen LogP contribution in [0.3, 0.4) is 0 Å². The Kier molecular flexibility index (Phi) is 2.97. The van der Waals surface area contributed by atoms with Crippen molar-refractivity contribution in [3.8, 4) is 0 Å². The number of hydrogen-bond acceptors (Lipinski definition) is 2. The number of aromatic nitrogens is 2. The third-order valence-corrected chi connectivity index (χ3v) is 3.90. The fourth-order valence-electron chi connectivity index (χ4n) is 2.69. The van der Waals surface area contributed by atoms with Gasteiger partial charge in [0.1, 0.15) is 5.69 Å². The highest BCUT2D eigenvalue weighted by Crippen LogP contribution is 2.50. The molecule has 19 heavy (non-hydrogen) atoms. The molecule has 3 nitrogen and oxygen atoms in total. The minimum absolute atomic E-state index is 0.227. The van der Waals surface area contributed by atoms with Crippen LogP contribution in [0.15, 0.2) is 42.6 Å². The SMILES string of the molecule is CCCn1nccc1C(=O)C1(c2ccccc2)CC1. The molecule has 0 atom stereocenters. The van der Waals surface area contributed by atoms with E-state index in [1.54, 1.807) is 6.20 Å². The minimum atomic E-state index is -0.285. The van der Waals surface area contributed by atoms with Crippen LogP contribution in [0.25, 0.3) is 0 Å². The fourth-order valence-corrected chi connectivity index (χ4v) is 2.69. The number of aryl methyl sites for hydroxylation is 1. The largest absolute Gasteiger partial charge is 0.291 e. The molecule has 0 spiro atoms. The number of hydrogen-bond donors (Lipinski definition) is 0. The Morgan fingerprint density at radius 1 is 1.26 bits per heavy atom. The summed E-state index contributed by atoms with van der Waals surface area (Å²) in [6.45, 7) is 2.90. The van der Waals surface area contributed by atoms with E-state index in [9.17, 15) is 4.79 Å². The van der Waals surface area contributed by atoms with Crippen molar-refractivity contribution in [2.45, 2.75) is 38.1 Å². The second-order valence-corrected chi connectivity index (χ2v) is 5.22. The number of benzene rings is 1. The Hall–Kier alpha value is -1.90. The van der Waals surface area contributed by atoms with Crippen LogP contribution >= 0.6 is 0 Å². The van der Waals surface area contributed by atoms with Crippen molar-refractivity contribution < 1.29 is 4.79 Å². The van der Waals surface area contributed by atoms with E-state index in [0.29, 0.717) is 0 Å². The van der Waals surface area contributed by atoms with Gasteiger partial charge in [-0.25, -0.2) is 0 Å². The van der Waals surface area contributed by atoms with E-state index in [4.69, 9.17) is 0 Å². The highest BCUT2D eigenvalue weighted by Gasteiger charge is 2.51. The van der Waals surface area contributed by atoms with Crippen LogP contribution in [0.2, 0.25) is 0 Å². The number of ketones is 1. The third-order valence-electron chi connectivity index (χ3n) is 3.90. The van der Waals surface area contributed by atoms with Crippen molar-refractivity contribution in [1.82, 2.24) is 9.78 Å². The molecule has 0 unspecified atom stereocenters. The maximum Gasteiger partial charge on any atom is 0.191 e. The molecule has 2 aromatic rings. The standard InChI is InChI=1S/C16H18N2O/c1-2-12-18-14(8-11-17-18)15(19)16(9-10-16)13-6-4-3-5-7-13/h3-8,11H,2,9-10,12H2,1H3. The molecular weight excluding hydrogens is 236 g/mol. The van der Waals surface area contributed by atoms with E-state index in [1.165, 1.54) is 0 Å². The van der Waals surface area contributed by atoms with Crippen molar-refractivity contribution in [1.29, 1.82) is 0 Å². The summed E-state index contributed by atoms with van der Waals surface area (Å²) >= 11 is 0. The highest BCUT2D eigenvalue weighted by molar-refractivity contribution is 6.05. The molecule has 0 saturated heterocycles. The van der Waals surface area contributed by atoms with Gasteiger partial charge in [0.05, 0.1) is 5.41 Å². The van der Waals surface area contributed by atoms with Gasteiger partial charge in [-0.15, -0.1) is 0 Å². The number of carbonyl (C=O) groups excluding carboxylic acids is 1. The maximum absolute atomic E-state index is 12.8. The lowest BCUT2D eigenvalue weighted by Gasteiger charge is -2.15. The molecule has 0 radical (unpaired) electrons. The van der Waals surface area contributed by atoms with E-state index >= 15 is 0 Å². The van der Waals surface area contributed by atoms with E-state index < -0.39 is 0 Å². The summed E-state index contributed by atoms with van der Waals surface area (Å²) in [5.74, 6) is 0.227. The second-order valence-electron chi connectivity index (χ2n) is 5.22. The molecule has 1 saturated carbocycles. The van der Waals surface area contributed by atoms with Crippen LogP contribution in [-0.4, -0.2) is 15.6 Å². The molecule has 0 N–H and O–H groups in total. The smallest absolute Gasteiger partial charge is 0.191 e. The van der Waals surface area contributed by atoms with Crippen molar-refractivity contribution in [3.63, 3.8) is 0 Å². The molecule has 98 valence electrons. The summed E-state index contributed by atoms with van der Waals surface area (Å²) in [6.07, 6.45) is 4.62. The van der Waals surface area contributed by atoms with Crippen LogP contribution < -0.4 is 0 Å². The summed E-state index contributed by atoms with van der Waals surface area (Å²) in [5.41, 5.74) is 1.61. The monoisotopic (exact) mass is 254 g/mol. The van der Waals surface area contributed by atoms with Gasteiger partial charge in [-0.05, 0) is 30.9 Å². The Morgan fingerprint density at radius 3 is 2.63 bits per heavy atom. The number of carbonyl (C=O) groups is 1. The first-order valence-electron chi connectivity index (χ1n) is 6.90. The molecule has 1 fully saturated rings. The summed E-state index contributed by atoms with van der Waals surface area (Å²) in [5, 5.41) is 4.26. The van der Waals surface area contributed by atoms with E-state index in [1.807, 2.05) is 28.9 Å². The molecular formula is C16H18N2O. The molecule has 1 aliphatic carbocycles. The van der Waals surface area contributed by atoms with Crippen molar-refractivity contribution >= 4 is 5.78 Å². The Labute approximate surface area is 113 Å². The van der Waals surface area contributed by atoms with Crippen molar-refractivity contribution in [3.05, 3.63) is 53.9 Å². The Morgan fingerprint density at radius 2 is 2.00 bits per heavy atom. The molecule has 0 amide bonds. The predicted octanol–water partition coefficient (Wildman–Crippen LogP) is 3.21. The molecule has 3 rings (SSSR count). The summed E-state index contributed by atoms with van der Waals surface area (Å²) in [7, 11) is 0.